The highest BCUT2D eigenvalue weighted by molar-refractivity contribution is 9.10. The van der Waals surface area contributed by atoms with E-state index < -0.39 is 29.6 Å². The Balaban J connectivity index is 1.24. The number of halogens is 4. The fourth-order valence-corrected chi connectivity index (χ4v) is 6.95. The number of alkyl halides is 3. The van der Waals surface area contributed by atoms with E-state index >= 15 is 0 Å². The third kappa shape index (κ3) is 4.90. The first kappa shape index (κ1) is 28.8. The Labute approximate surface area is 259 Å². The summed E-state index contributed by atoms with van der Waals surface area (Å²) >= 11 is 2.95. The molecule has 0 N–H and O–H groups in total. The molecule has 0 bridgehead atoms. The first-order valence-electron chi connectivity index (χ1n) is 14.5. The number of benzene rings is 2. The summed E-state index contributed by atoms with van der Waals surface area (Å²) in [6, 6.07) is 10.3. The van der Waals surface area contributed by atoms with Gasteiger partial charge in [0, 0.05) is 40.8 Å². The first-order chi connectivity index (χ1) is 21.0. The molecule has 2 aromatic carbocycles. The van der Waals surface area contributed by atoms with E-state index in [4.69, 9.17) is 5.10 Å². The Morgan fingerprint density at radius 1 is 1.11 bits per heavy atom. The number of piperidine rings is 1. The second kappa shape index (κ2) is 10.6. The van der Waals surface area contributed by atoms with Crippen molar-refractivity contribution in [3.63, 3.8) is 0 Å². The van der Waals surface area contributed by atoms with Gasteiger partial charge < -0.3 is 9.47 Å². The van der Waals surface area contributed by atoms with Gasteiger partial charge >= 0.3 is 6.18 Å². The third-order valence-electron chi connectivity index (χ3n) is 8.96. The average Bonchev–Trinajstić information content (AvgIpc) is 3.56. The quantitative estimate of drug-likeness (QED) is 0.254. The van der Waals surface area contributed by atoms with Crippen LogP contribution < -0.4 is 4.90 Å². The van der Waals surface area contributed by atoms with Crippen molar-refractivity contribution >= 4 is 39.2 Å². The summed E-state index contributed by atoms with van der Waals surface area (Å²) in [5.41, 5.74) is 1.59. The van der Waals surface area contributed by atoms with Crippen LogP contribution in [0.3, 0.4) is 0 Å². The molecule has 4 heterocycles. The van der Waals surface area contributed by atoms with Crippen LogP contribution in [0, 0.1) is 11.8 Å². The lowest BCUT2D eigenvalue weighted by molar-refractivity contribution is -0.138. The van der Waals surface area contributed by atoms with Gasteiger partial charge in [-0.1, -0.05) is 15.9 Å². The van der Waals surface area contributed by atoms with E-state index in [2.05, 4.69) is 26.1 Å². The van der Waals surface area contributed by atoms with Crippen LogP contribution in [0.1, 0.15) is 53.7 Å². The molecule has 2 unspecified atom stereocenters. The van der Waals surface area contributed by atoms with Gasteiger partial charge in [0.1, 0.15) is 12.1 Å². The number of carbonyl (C=O) groups excluding carboxylic acids is 2. The minimum atomic E-state index is -4.61. The van der Waals surface area contributed by atoms with Crippen molar-refractivity contribution in [3.8, 4) is 11.4 Å². The van der Waals surface area contributed by atoms with Crippen molar-refractivity contribution in [2.75, 3.05) is 11.4 Å². The van der Waals surface area contributed by atoms with Crippen molar-refractivity contribution in [2.45, 2.75) is 50.9 Å². The highest BCUT2D eigenvalue weighted by atomic mass is 79.9. The molecule has 4 aromatic rings. The monoisotopic (exact) mass is 667 g/mol. The lowest BCUT2D eigenvalue weighted by atomic mass is 9.84. The van der Waals surface area contributed by atoms with E-state index in [0.717, 1.165) is 36.5 Å². The Morgan fingerprint density at radius 3 is 2.52 bits per heavy atom. The molecule has 228 valence electrons. The van der Waals surface area contributed by atoms with E-state index in [9.17, 15) is 22.8 Å². The molecule has 3 atom stereocenters. The summed E-state index contributed by atoms with van der Waals surface area (Å²) in [4.78, 5) is 31.4. The summed E-state index contributed by atoms with van der Waals surface area (Å²) in [7, 11) is 1.87. The molecule has 44 heavy (non-hydrogen) atoms. The summed E-state index contributed by atoms with van der Waals surface area (Å²) in [6.07, 6.45) is 2.24. The van der Waals surface area contributed by atoms with Crippen LogP contribution in [0.15, 0.2) is 59.5 Å². The maximum Gasteiger partial charge on any atom is 0.417 e. The largest absolute Gasteiger partial charge is 0.417 e. The normalized spacial score (nSPS) is 21.8. The maximum absolute atomic E-state index is 14.4. The van der Waals surface area contributed by atoms with E-state index in [-0.39, 0.29) is 28.5 Å². The summed E-state index contributed by atoms with van der Waals surface area (Å²) in [6.45, 7) is 1.99. The van der Waals surface area contributed by atoms with E-state index in [1.165, 1.54) is 12.1 Å². The molecule has 2 fully saturated rings. The Hall–Kier alpha value is -4.00. The molecular formula is C31H29BrF3N7O2. The zero-order valence-corrected chi connectivity index (χ0v) is 25.6. The van der Waals surface area contributed by atoms with Crippen molar-refractivity contribution in [1.82, 2.24) is 29.4 Å². The number of carbonyl (C=O) groups is 2. The van der Waals surface area contributed by atoms with Gasteiger partial charge in [-0.15, -0.1) is 10.2 Å². The first-order valence-corrected chi connectivity index (χ1v) is 15.3. The standard InChI is InChI=1S/C31H29BrF3N7O2/c1-17-11-23-26(15-40(17)29(43)20-7-10-25(32)24(13-20)31(33,34)35)42-28(21(14-37-42)12-18-3-4-18)41(30(23)44)22-8-5-19(6-9-22)27-38-36-16-39(27)2/h5-10,13-14,16-18,23,26H,3-4,11-12,15H2,1-2H3/t17-,23?,26?/m1/s1. The molecule has 1 aliphatic carbocycles. The Kier molecular flexibility index (Phi) is 6.91. The van der Waals surface area contributed by atoms with Crippen LogP contribution in [0.25, 0.3) is 11.4 Å². The molecule has 3 aliphatic rings. The van der Waals surface area contributed by atoms with Gasteiger partial charge in [0.15, 0.2) is 5.82 Å². The Bertz CT molecular complexity index is 1760. The zero-order valence-electron chi connectivity index (χ0n) is 24.0. The van der Waals surface area contributed by atoms with Gasteiger partial charge in [-0.3, -0.25) is 14.5 Å². The SMILES string of the molecule is C[C@@H]1CC2C(=O)N(c3ccc(-c4nncn4C)cc3)c3c(CC4CC4)cnn3C2CN1C(=O)c1ccc(Br)c(C(F)(F)F)c1. The molecule has 0 spiro atoms. The molecule has 7 rings (SSSR count). The van der Waals surface area contributed by atoms with Crippen LogP contribution in [-0.2, 0) is 24.4 Å². The average molecular weight is 669 g/mol. The van der Waals surface area contributed by atoms with Gasteiger partial charge in [0.25, 0.3) is 5.91 Å². The highest BCUT2D eigenvalue weighted by Crippen LogP contribution is 2.46. The highest BCUT2D eigenvalue weighted by Gasteiger charge is 2.49. The summed E-state index contributed by atoms with van der Waals surface area (Å²) in [5.74, 6) is 0.897. The molecule has 2 aliphatic heterocycles. The van der Waals surface area contributed by atoms with Gasteiger partial charge in [-0.05, 0) is 81.0 Å². The smallest absolute Gasteiger partial charge is 0.334 e. The number of fused-ring (bicyclic) bond motifs is 3. The van der Waals surface area contributed by atoms with Crippen molar-refractivity contribution in [3.05, 3.63) is 76.2 Å². The molecule has 13 heteroatoms. The number of amides is 2. The number of anilines is 2. The lowest BCUT2D eigenvalue weighted by Gasteiger charge is -2.47. The summed E-state index contributed by atoms with van der Waals surface area (Å²) < 4.78 is 44.4. The van der Waals surface area contributed by atoms with Crippen molar-refractivity contribution in [1.29, 1.82) is 0 Å². The minimum Gasteiger partial charge on any atom is -0.334 e. The second-order valence-electron chi connectivity index (χ2n) is 12.0. The Morgan fingerprint density at radius 2 is 1.86 bits per heavy atom. The number of nitrogens with zero attached hydrogens (tertiary/aromatic N) is 7. The zero-order chi connectivity index (χ0) is 30.9. The van der Waals surface area contributed by atoms with Crippen LogP contribution in [0.4, 0.5) is 24.7 Å². The number of hydrogen-bond donors (Lipinski definition) is 0. The fourth-order valence-electron chi connectivity index (χ4n) is 6.48. The molecule has 2 amide bonds. The molecular weight excluding hydrogens is 639 g/mol. The molecule has 2 aromatic heterocycles. The van der Waals surface area contributed by atoms with Gasteiger partial charge in [0.2, 0.25) is 5.91 Å². The van der Waals surface area contributed by atoms with Crippen LogP contribution in [0.5, 0.6) is 0 Å². The van der Waals surface area contributed by atoms with Crippen LogP contribution in [0.2, 0.25) is 0 Å². The van der Waals surface area contributed by atoms with Gasteiger partial charge in [-0.25, -0.2) is 4.68 Å². The van der Waals surface area contributed by atoms with E-state index in [1.807, 2.05) is 53.7 Å². The van der Waals surface area contributed by atoms with Crippen LogP contribution in [-0.4, -0.2) is 53.8 Å². The van der Waals surface area contributed by atoms with Gasteiger partial charge in [0.05, 0.1) is 29.4 Å². The predicted molar refractivity (Wildman–Crippen MR) is 159 cm³/mol. The number of rotatable bonds is 5. The molecule has 1 saturated carbocycles. The van der Waals surface area contributed by atoms with E-state index in [0.29, 0.717) is 29.7 Å². The molecule has 1 saturated heterocycles. The lowest BCUT2D eigenvalue weighted by Crippen LogP contribution is -2.56. The number of hydrogen-bond acceptors (Lipinski definition) is 5. The van der Waals surface area contributed by atoms with E-state index in [1.54, 1.807) is 16.1 Å². The maximum atomic E-state index is 14.4. The fraction of sp³-hybridized carbons (Fsp3) is 0.387. The van der Waals surface area contributed by atoms with Crippen molar-refractivity contribution < 1.29 is 22.8 Å². The topological polar surface area (TPSA) is 89.2 Å². The number of likely N-dealkylation sites (tertiary alicyclic amines) is 1. The second-order valence-corrected chi connectivity index (χ2v) is 12.8. The van der Waals surface area contributed by atoms with Gasteiger partial charge in [-0.2, -0.15) is 18.3 Å². The molecule has 0 radical (unpaired) electrons. The number of aromatic nitrogens is 5. The minimum absolute atomic E-state index is 0.0484. The summed E-state index contributed by atoms with van der Waals surface area (Å²) in [5, 5.41) is 12.9. The molecule has 9 nitrogen and oxygen atoms in total. The van der Waals surface area contributed by atoms with Crippen molar-refractivity contribution in [2.24, 2.45) is 18.9 Å². The third-order valence-corrected chi connectivity index (χ3v) is 9.65. The number of aryl methyl sites for hydroxylation is 1. The predicted octanol–water partition coefficient (Wildman–Crippen LogP) is 6.18. The van der Waals surface area contributed by atoms with Crippen LogP contribution >= 0.6 is 15.9 Å².